The molecular weight excluding hydrogens is 354 g/mol. The Morgan fingerprint density at radius 2 is 2.00 bits per heavy atom. The zero-order valence-electron chi connectivity index (χ0n) is 15.5. The third-order valence-electron chi connectivity index (χ3n) is 5.73. The smallest absolute Gasteiger partial charge is 0.239 e. The minimum absolute atomic E-state index is 0.00735. The Morgan fingerprint density at radius 3 is 2.74 bits per heavy atom. The first kappa shape index (κ1) is 18.2. The quantitative estimate of drug-likeness (QED) is 0.854. The van der Waals surface area contributed by atoms with Crippen LogP contribution in [0.2, 0.25) is 0 Å². The normalized spacial score (nSPS) is 17.4. The number of carbonyl (C=O) groups is 1. The average Bonchev–Trinajstić information content (AvgIpc) is 3.25. The van der Waals surface area contributed by atoms with Crippen LogP contribution in [0.25, 0.3) is 0 Å². The molecule has 5 heteroatoms. The Morgan fingerprint density at radius 1 is 1.22 bits per heavy atom. The summed E-state index contributed by atoms with van der Waals surface area (Å²) in [4.78, 5) is 16.0. The van der Waals surface area contributed by atoms with Crippen molar-refractivity contribution in [1.82, 2.24) is 4.90 Å². The van der Waals surface area contributed by atoms with E-state index in [1.807, 2.05) is 0 Å². The van der Waals surface area contributed by atoms with Crippen LogP contribution in [0.3, 0.4) is 0 Å². The van der Waals surface area contributed by atoms with Crippen LogP contribution in [-0.4, -0.2) is 30.4 Å². The van der Waals surface area contributed by atoms with Gasteiger partial charge in [-0.15, -0.1) is 11.3 Å². The van der Waals surface area contributed by atoms with Crippen molar-refractivity contribution in [2.24, 2.45) is 5.92 Å². The lowest BCUT2D eigenvalue weighted by Crippen LogP contribution is -2.39. The van der Waals surface area contributed by atoms with E-state index in [2.05, 4.69) is 46.6 Å². The van der Waals surface area contributed by atoms with Crippen molar-refractivity contribution < 1.29 is 4.79 Å². The van der Waals surface area contributed by atoms with Crippen molar-refractivity contribution in [3.05, 3.63) is 51.9 Å². The number of anilines is 1. The highest BCUT2D eigenvalue weighted by Crippen LogP contribution is 2.38. The second-order valence-electron chi connectivity index (χ2n) is 7.63. The summed E-state index contributed by atoms with van der Waals surface area (Å²) in [6.07, 6.45) is 6.55. The largest absolute Gasteiger partial charge is 0.315 e. The molecule has 2 aliphatic rings. The number of benzene rings is 1. The maximum absolute atomic E-state index is 12.5. The van der Waals surface area contributed by atoms with Gasteiger partial charge in [0.05, 0.1) is 12.1 Å². The molecule has 0 saturated carbocycles. The summed E-state index contributed by atoms with van der Waals surface area (Å²) >= 11 is 1.59. The van der Waals surface area contributed by atoms with Crippen LogP contribution < -0.4 is 5.32 Å². The van der Waals surface area contributed by atoms with Gasteiger partial charge in [0.1, 0.15) is 11.1 Å². The maximum atomic E-state index is 12.5. The fraction of sp³-hybridized carbons (Fsp3) is 0.455. The minimum atomic E-state index is 0.00735. The number of hydrogen-bond donors (Lipinski definition) is 1. The highest BCUT2D eigenvalue weighted by atomic mass is 32.1. The van der Waals surface area contributed by atoms with Gasteiger partial charge in [0.2, 0.25) is 5.91 Å². The summed E-state index contributed by atoms with van der Waals surface area (Å²) in [7, 11) is 0. The van der Waals surface area contributed by atoms with Crippen molar-refractivity contribution in [2.75, 3.05) is 25.0 Å². The molecule has 1 saturated heterocycles. The molecule has 2 aromatic rings. The van der Waals surface area contributed by atoms with Crippen molar-refractivity contribution >= 4 is 22.2 Å². The van der Waals surface area contributed by atoms with E-state index in [1.165, 1.54) is 16.0 Å². The Bertz CT molecular complexity index is 844. The Kier molecular flexibility index (Phi) is 5.56. The number of aryl methyl sites for hydroxylation is 1. The van der Waals surface area contributed by atoms with Gasteiger partial charge in [-0.05, 0) is 68.7 Å². The third kappa shape index (κ3) is 4.23. The number of nitriles is 1. The molecule has 27 heavy (non-hydrogen) atoms. The van der Waals surface area contributed by atoms with Gasteiger partial charge in [0.25, 0.3) is 0 Å². The topological polar surface area (TPSA) is 56.1 Å². The van der Waals surface area contributed by atoms with E-state index >= 15 is 0 Å². The summed E-state index contributed by atoms with van der Waals surface area (Å²) in [5, 5.41) is 13.2. The van der Waals surface area contributed by atoms with E-state index in [1.54, 1.807) is 11.3 Å². The molecule has 1 N–H and O–H groups in total. The Balaban J connectivity index is 1.27. The second kappa shape index (κ2) is 8.24. The standard InChI is InChI=1S/C22H25N3OS/c23-14-19-18-7-4-8-20(18)27-22(19)24-21(26)15-25-11-9-17(10-12-25)13-16-5-2-1-3-6-16/h1-3,5-6,17H,4,7-13,15H2,(H,24,26). The first-order chi connectivity index (χ1) is 13.2. The van der Waals surface area contributed by atoms with Gasteiger partial charge >= 0.3 is 0 Å². The lowest BCUT2D eigenvalue weighted by molar-refractivity contribution is -0.117. The van der Waals surface area contributed by atoms with E-state index in [9.17, 15) is 10.1 Å². The van der Waals surface area contributed by atoms with Crippen molar-refractivity contribution in [1.29, 1.82) is 5.26 Å². The zero-order valence-corrected chi connectivity index (χ0v) is 16.4. The molecule has 2 heterocycles. The number of hydrogen-bond acceptors (Lipinski definition) is 4. The molecule has 4 rings (SSSR count). The fourth-order valence-corrected chi connectivity index (χ4v) is 5.53. The number of likely N-dealkylation sites (tertiary alicyclic amines) is 1. The number of nitrogens with one attached hydrogen (secondary N) is 1. The van der Waals surface area contributed by atoms with Crippen molar-refractivity contribution in [3.63, 3.8) is 0 Å². The predicted octanol–water partition coefficient (Wildman–Crippen LogP) is 4.00. The van der Waals surface area contributed by atoms with Crippen molar-refractivity contribution in [2.45, 2.75) is 38.5 Å². The number of rotatable bonds is 5. The van der Waals surface area contributed by atoms with Crippen LogP contribution in [0.4, 0.5) is 5.00 Å². The van der Waals surface area contributed by atoms with Crippen LogP contribution in [-0.2, 0) is 24.1 Å². The van der Waals surface area contributed by atoms with Gasteiger partial charge < -0.3 is 5.32 Å². The number of carbonyl (C=O) groups excluding carboxylic acids is 1. The lowest BCUT2D eigenvalue weighted by Gasteiger charge is -2.31. The first-order valence-corrected chi connectivity index (χ1v) is 10.7. The number of nitrogens with zero attached hydrogens (tertiary/aromatic N) is 2. The molecule has 0 unspecified atom stereocenters. The highest BCUT2D eigenvalue weighted by molar-refractivity contribution is 7.16. The molecule has 1 amide bonds. The van der Waals surface area contributed by atoms with Gasteiger partial charge in [-0.3, -0.25) is 9.69 Å². The molecule has 0 atom stereocenters. The molecular formula is C22H25N3OS. The van der Waals surface area contributed by atoms with Gasteiger partial charge in [0.15, 0.2) is 0 Å². The first-order valence-electron chi connectivity index (χ1n) is 9.83. The van der Waals surface area contributed by atoms with Crippen LogP contribution >= 0.6 is 11.3 Å². The molecule has 0 radical (unpaired) electrons. The van der Waals surface area contributed by atoms with Gasteiger partial charge in [-0.2, -0.15) is 5.26 Å². The van der Waals surface area contributed by atoms with E-state index in [4.69, 9.17) is 0 Å². The predicted molar refractivity (Wildman–Crippen MR) is 109 cm³/mol. The number of amides is 1. The van der Waals surface area contributed by atoms with Crippen LogP contribution in [0.15, 0.2) is 30.3 Å². The zero-order chi connectivity index (χ0) is 18.6. The van der Waals surface area contributed by atoms with Gasteiger partial charge in [-0.25, -0.2) is 0 Å². The number of thiophene rings is 1. The lowest BCUT2D eigenvalue weighted by atomic mass is 9.90. The second-order valence-corrected chi connectivity index (χ2v) is 8.74. The van der Waals surface area contributed by atoms with Gasteiger partial charge in [0, 0.05) is 4.88 Å². The Labute approximate surface area is 164 Å². The van der Waals surface area contributed by atoms with Gasteiger partial charge in [-0.1, -0.05) is 30.3 Å². The van der Waals surface area contributed by atoms with Crippen LogP contribution in [0, 0.1) is 17.2 Å². The maximum Gasteiger partial charge on any atom is 0.239 e. The monoisotopic (exact) mass is 379 g/mol. The number of fused-ring (bicyclic) bond motifs is 1. The molecule has 1 fully saturated rings. The molecule has 1 aromatic heterocycles. The minimum Gasteiger partial charge on any atom is -0.315 e. The molecule has 1 aliphatic heterocycles. The summed E-state index contributed by atoms with van der Waals surface area (Å²) in [5.74, 6) is 0.713. The van der Waals surface area contributed by atoms with E-state index < -0.39 is 0 Å². The molecule has 140 valence electrons. The summed E-state index contributed by atoms with van der Waals surface area (Å²) in [6, 6.07) is 13.0. The molecule has 4 nitrogen and oxygen atoms in total. The molecule has 1 aromatic carbocycles. The van der Waals surface area contributed by atoms with E-state index in [0.29, 0.717) is 18.0 Å². The summed E-state index contributed by atoms with van der Waals surface area (Å²) < 4.78 is 0. The molecule has 1 aliphatic carbocycles. The highest BCUT2D eigenvalue weighted by Gasteiger charge is 2.25. The summed E-state index contributed by atoms with van der Waals surface area (Å²) in [6.45, 7) is 2.36. The number of piperidine rings is 1. The SMILES string of the molecule is N#Cc1c(NC(=O)CN2CCC(Cc3ccccc3)CC2)sc2c1CCC2. The van der Waals surface area contributed by atoms with E-state index in [0.717, 1.165) is 56.6 Å². The fourth-order valence-electron chi connectivity index (χ4n) is 4.28. The van der Waals surface area contributed by atoms with Crippen LogP contribution in [0.1, 0.15) is 40.8 Å². The van der Waals surface area contributed by atoms with E-state index in [-0.39, 0.29) is 5.91 Å². The Hall–Kier alpha value is -2.16. The van der Waals surface area contributed by atoms with Crippen molar-refractivity contribution in [3.8, 4) is 6.07 Å². The third-order valence-corrected chi connectivity index (χ3v) is 6.93. The average molecular weight is 380 g/mol. The molecule has 0 spiro atoms. The summed E-state index contributed by atoms with van der Waals surface area (Å²) in [5.41, 5.74) is 3.27. The van der Waals surface area contributed by atoms with Crippen LogP contribution in [0.5, 0.6) is 0 Å². The molecule has 0 bridgehead atoms.